The van der Waals surface area contributed by atoms with Crippen LogP contribution in [0.2, 0.25) is 0 Å². The number of aromatic amines is 1. The third-order valence-electron chi connectivity index (χ3n) is 24.3. The van der Waals surface area contributed by atoms with Crippen molar-refractivity contribution in [1.29, 1.82) is 0 Å². The molecule has 3 aliphatic heterocycles. The van der Waals surface area contributed by atoms with Crippen molar-refractivity contribution < 1.29 is 128 Å². The fraction of sp³-hybridized carbons (Fsp3) is 0.361. The standard InChI is InChI=1S/C28H29N3O6.C26H25N3O6.C18H17N3O5.C15H23BO4.C12H24B2O4.C9H11BrO2/c1-4-35-28(32)26-27(31(30-29-26)19-20-5-11-23(34-3)12-6-20)37-25-15-9-22(10-16-25)21-7-13-24(14-8-21)36-18-17-33-2;1-32-15-16-34-22-11-5-19(6-12-22)20-7-13-23(14-8-20)35-25-24(26(30)31)27-28-29(25)17-18-3-9-21(33-2)10-4-18;1-24-10-11-25-14-6-2-12(3-7-14)13-4-8-15(9-5-13)26-17-16(18(22)23)19-21-20-17;1-14(2)15(3,4)20-16(19-14)12-6-8-13(9-7-12)18-11-10-17-5;1-9(2)10(3,4)16-13(15-9)14-17-11(5,6)12(7,8)18-14;1-11-6-7-12-9-4-2-8(10)3-5-9/h5-16H,4,17-19H2,1-3H3;3-14H,15-17H2,1-2H3,(H,30,31);2-9H,10-11H2,1H3,(H,22,23)(H,19,20,21);6-9H,10-11H2,1-5H3;1-8H3;2-5H,6-7H2,1H3. The van der Waals surface area contributed by atoms with E-state index in [2.05, 4.69) is 79.7 Å². The highest BCUT2D eigenvalue weighted by Gasteiger charge is 2.64. The number of carboxylic acid groups (broad SMARTS) is 2. The van der Waals surface area contributed by atoms with Crippen molar-refractivity contribution in [3.05, 3.63) is 275 Å². The smallest absolute Gasteiger partial charge is 0.494 e. The molecule has 3 aromatic heterocycles. The SMILES string of the molecule is CC1(C)OB(B2OC(C)(C)C(C)(C)O2)OC1(C)C.CCOC(=O)c1nnn(Cc2ccc(OC)cc2)c1Oc1ccc(-c2ccc(OCCOC)cc2)cc1.COCCOc1ccc(-c2ccc(Oc3c(C(=O)O)nnn3Cc3ccc(OC)cc3)cc2)cc1.COCCOc1ccc(-c2ccc(Oc3nn[nH]c3C(=O)O)cc2)cc1.COCCOc1ccc(B2OC(C)(C)C(C)(C)O2)cc1.COCCOc1ccc(Br)cc1. The van der Waals surface area contributed by atoms with E-state index in [1.165, 1.54) is 9.36 Å². The zero-order chi connectivity index (χ0) is 107. The largest absolute Gasteiger partial charge is 0.497 e. The number of carboxylic acids is 2. The molecule has 36 nitrogen and oxygen atoms in total. The number of hydrogen-bond donors (Lipinski definition) is 3. The minimum absolute atomic E-state index is 0.0171. The number of H-pyrrole nitrogens is 1. The van der Waals surface area contributed by atoms with E-state index in [4.69, 9.17) is 109 Å². The number of esters is 1. The summed E-state index contributed by atoms with van der Waals surface area (Å²) in [5.74, 6) is 4.14. The second-order valence-corrected chi connectivity index (χ2v) is 37.3. The number of ether oxygens (including phenoxy) is 16. The molecular formula is C108H129B3BrN9O27. The van der Waals surface area contributed by atoms with Crippen molar-refractivity contribution in [3.8, 4) is 109 Å². The monoisotopic (exact) mass is 2100 g/mol. The van der Waals surface area contributed by atoms with E-state index in [1.54, 1.807) is 81.0 Å². The molecule has 0 aliphatic carbocycles. The van der Waals surface area contributed by atoms with Crippen molar-refractivity contribution in [2.45, 2.75) is 137 Å². The molecule has 10 aromatic carbocycles. The first-order chi connectivity index (χ1) is 70.9. The summed E-state index contributed by atoms with van der Waals surface area (Å²) >= 11 is 3.35. The number of carbonyl (C=O) groups is 3. The van der Waals surface area contributed by atoms with E-state index >= 15 is 0 Å². The molecule has 0 amide bonds. The molecule has 3 saturated heterocycles. The zero-order valence-electron chi connectivity index (χ0n) is 87.1. The highest BCUT2D eigenvalue weighted by molar-refractivity contribution is 9.10. The van der Waals surface area contributed by atoms with Crippen molar-refractivity contribution in [3.63, 3.8) is 0 Å². The van der Waals surface area contributed by atoms with Gasteiger partial charge in [0.05, 0.1) is 101 Å². The molecule has 784 valence electrons. The van der Waals surface area contributed by atoms with Crippen LogP contribution in [0.15, 0.2) is 247 Å². The molecule has 13 aromatic rings. The minimum Gasteiger partial charge on any atom is -0.497 e. The lowest BCUT2D eigenvalue weighted by molar-refractivity contribution is 0.00578. The van der Waals surface area contributed by atoms with Gasteiger partial charge in [-0.15, -0.1) is 10.2 Å². The third kappa shape index (κ3) is 32.9. The number of rotatable bonds is 41. The maximum Gasteiger partial charge on any atom is 0.494 e. The van der Waals surface area contributed by atoms with Gasteiger partial charge in [-0.2, -0.15) is 0 Å². The first-order valence-corrected chi connectivity index (χ1v) is 48.5. The molecule has 6 heterocycles. The number of benzene rings is 10. The van der Waals surface area contributed by atoms with Crippen LogP contribution >= 0.6 is 15.9 Å². The Morgan fingerprint density at radius 2 is 0.615 bits per heavy atom. The molecule has 0 bridgehead atoms. The van der Waals surface area contributed by atoms with Gasteiger partial charge in [-0.25, -0.2) is 28.8 Å². The Morgan fingerprint density at radius 1 is 0.338 bits per heavy atom. The number of aromatic carboxylic acids is 2. The summed E-state index contributed by atoms with van der Waals surface area (Å²) in [5.41, 5.74) is 6.35. The Labute approximate surface area is 872 Å². The van der Waals surface area contributed by atoms with Crippen LogP contribution in [-0.4, -0.2) is 251 Å². The third-order valence-corrected chi connectivity index (χ3v) is 24.8. The maximum absolute atomic E-state index is 12.5. The lowest BCUT2D eigenvalue weighted by atomic mass is 9.49. The number of hydrogen-bond acceptors (Lipinski definition) is 31. The van der Waals surface area contributed by atoms with Gasteiger partial charge < -0.3 is 114 Å². The summed E-state index contributed by atoms with van der Waals surface area (Å²) in [6.07, 6.45) is 0. The number of nitrogens with one attached hydrogen (secondary N) is 1. The molecule has 0 unspecified atom stereocenters. The van der Waals surface area contributed by atoms with Gasteiger partial charge in [-0.1, -0.05) is 146 Å². The lowest BCUT2D eigenvalue weighted by Crippen LogP contribution is -2.41. The minimum atomic E-state index is -1.22. The van der Waals surface area contributed by atoms with Gasteiger partial charge >= 0.3 is 39.0 Å². The summed E-state index contributed by atoms with van der Waals surface area (Å²) in [4.78, 5) is 35.2. The predicted molar refractivity (Wildman–Crippen MR) is 562 cm³/mol. The summed E-state index contributed by atoms with van der Waals surface area (Å²) < 4.78 is 125. The van der Waals surface area contributed by atoms with Crippen LogP contribution in [0.5, 0.6) is 75.1 Å². The number of carbonyl (C=O) groups excluding carboxylic acids is 1. The molecule has 148 heavy (non-hydrogen) atoms. The van der Waals surface area contributed by atoms with Crippen molar-refractivity contribution >= 4 is 60.4 Å². The van der Waals surface area contributed by atoms with E-state index in [9.17, 15) is 19.5 Å². The van der Waals surface area contributed by atoms with Crippen LogP contribution in [-0.2, 0) is 69.4 Å². The van der Waals surface area contributed by atoms with E-state index in [-0.39, 0.29) is 88.6 Å². The normalized spacial score (nSPS) is 14.5. The van der Waals surface area contributed by atoms with Crippen LogP contribution in [0.25, 0.3) is 33.4 Å². The highest BCUT2D eigenvalue weighted by Crippen LogP contribution is 2.44. The number of nitrogens with zero attached hydrogens (tertiary/aromatic N) is 8. The summed E-state index contributed by atoms with van der Waals surface area (Å²) in [7, 11) is 10.1. The second kappa shape index (κ2) is 54.8. The zero-order valence-corrected chi connectivity index (χ0v) is 88.7. The summed E-state index contributed by atoms with van der Waals surface area (Å²) in [6, 6.07) is 75.8. The Bertz CT molecular complexity index is 6170. The van der Waals surface area contributed by atoms with Gasteiger partial charge in [0.15, 0.2) is 0 Å². The van der Waals surface area contributed by atoms with Crippen molar-refractivity contribution in [2.24, 2.45) is 0 Å². The quantitative estimate of drug-likeness (QED) is 0.0182. The Morgan fingerprint density at radius 3 is 0.912 bits per heavy atom. The molecule has 0 radical (unpaired) electrons. The van der Waals surface area contributed by atoms with Crippen molar-refractivity contribution in [2.75, 3.05) is 122 Å². The lowest BCUT2D eigenvalue weighted by Gasteiger charge is -2.32. The number of aromatic nitrogens is 9. The molecule has 0 spiro atoms. The van der Waals surface area contributed by atoms with E-state index in [0.29, 0.717) is 89.9 Å². The molecule has 3 fully saturated rings. The molecule has 3 aliphatic rings. The molecule has 16 rings (SSSR count). The van der Waals surface area contributed by atoms with E-state index in [1.807, 2.05) is 274 Å². The second-order valence-electron chi connectivity index (χ2n) is 36.3. The first-order valence-electron chi connectivity index (χ1n) is 47.8. The van der Waals surface area contributed by atoms with Crippen molar-refractivity contribution in [1.82, 2.24) is 45.4 Å². The van der Waals surface area contributed by atoms with Crippen LogP contribution in [0.3, 0.4) is 0 Å². The highest BCUT2D eigenvalue weighted by atomic mass is 79.9. The Kier molecular flexibility index (Phi) is 42.4. The van der Waals surface area contributed by atoms with Crippen LogP contribution in [0.4, 0.5) is 0 Å². The van der Waals surface area contributed by atoms with Gasteiger partial charge in [-0.05, 0) is 273 Å². The average molecular weight is 2100 g/mol. The molecule has 0 atom stereocenters. The predicted octanol–water partition coefficient (Wildman–Crippen LogP) is 19.2. The first kappa shape index (κ1) is 115. The van der Waals surface area contributed by atoms with Gasteiger partial charge in [0.25, 0.3) is 17.6 Å². The maximum atomic E-state index is 12.5. The number of halogens is 1. The van der Waals surface area contributed by atoms with Gasteiger partial charge in [0, 0.05) is 40.0 Å². The molecule has 0 saturated carbocycles. The fourth-order valence-corrected chi connectivity index (χ4v) is 14.1. The van der Waals surface area contributed by atoms with Gasteiger partial charge in [-0.3, -0.25) is 0 Å². The topological polar surface area (TPSA) is 398 Å². The summed E-state index contributed by atoms with van der Waals surface area (Å²) in [5, 5.41) is 43.8. The van der Waals surface area contributed by atoms with Crippen LogP contribution in [0, 0.1) is 0 Å². The van der Waals surface area contributed by atoms with Gasteiger partial charge in [0.1, 0.15) is 90.5 Å². The Hall–Kier alpha value is -13.7. The van der Waals surface area contributed by atoms with Crippen LogP contribution in [0.1, 0.15) is 133 Å². The van der Waals surface area contributed by atoms with E-state index in [0.717, 1.165) is 94.7 Å². The fourth-order valence-electron chi connectivity index (χ4n) is 13.9. The Balaban J connectivity index is 0.000000174. The van der Waals surface area contributed by atoms with E-state index < -0.39 is 31.9 Å². The molecule has 40 heteroatoms. The number of methoxy groups -OCH3 is 7. The van der Waals surface area contributed by atoms with Gasteiger partial charge in [0.2, 0.25) is 17.1 Å². The summed E-state index contributed by atoms with van der Waals surface area (Å²) in [6.45, 7) is 32.4. The average Bonchev–Trinajstić information content (AvgIpc) is 1.62. The molecular weight excluding hydrogens is 1970 g/mol. The molecule has 3 N–H and O–H groups in total. The van der Waals surface area contributed by atoms with Crippen LogP contribution < -0.4 is 52.8 Å².